The molecule has 1 aromatic rings. The molecular formula is C16H20FN3O3. The van der Waals surface area contributed by atoms with E-state index in [9.17, 15) is 14.0 Å². The second-order valence-corrected chi connectivity index (χ2v) is 5.98. The van der Waals surface area contributed by atoms with Gasteiger partial charge >= 0.3 is 6.03 Å². The van der Waals surface area contributed by atoms with Gasteiger partial charge in [-0.25, -0.2) is 9.18 Å². The second-order valence-electron chi connectivity index (χ2n) is 5.98. The minimum atomic E-state index is -0.456. The molecular weight excluding hydrogens is 301 g/mol. The van der Waals surface area contributed by atoms with Crippen LogP contribution in [0.1, 0.15) is 12.8 Å². The maximum absolute atomic E-state index is 12.9. The highest BCUT2D eigenvalue weighted by Gasteiger charge is 2.35. The third-order valence-corrected chi connectivity index (χ3v) is 4.27. The Morgan fingerprint density at radius 1 is 1.26 bits per heavy atom. The molecule has 0 bridgehead atoms. The van der Waals surface area contributed by atoms with Crippen LogP contribution in [-0.4, -0.2) is 60.6 Å². The number of urea groups is 1. The van der Waals surface area contributed by atoms with Crippen LogP contribution in [-0.2, 0) is 4.79 Å². The van der Waals surface area contributed by atoms with Gasteiger partial charge in [-0.2, -0.15) is 0 Å². The van der Waals surface area contributed by atoms with Crippen LogP contribution in [0.2, 0.25) is 0 Å². The van der Waals surface area contributed by atoms with E-state index in [1.54, 1.807) is 24.1 Å². The number of likely N-dealkylation sites (N-methyl/N-ethyl adjacent to an activating group) is 1. The van der Waals surface area contributed by atoms with E-state index in [-0.39, 0.29) is 23.9 Å². The fourth-order valence-corrected chi connectivity index (χ4v) is 2.92. The van der Waals surface area contributed by atoms with Gasteiger partial charge in [0.2, 0.25) is 5.91 Å². The molecule has 0 unspecified atom stereocenters. The summed E-state index contributed by atoms with van der Waals surface area (Å²) in [5.41, 5.74) is 0. The van der Waals surface area contributed by atoms with Crippen LogP contribution in [0.4, 0.5) is 9.18 Å². The summed E-state index contributed by atoms with van der Waals surface area (Å²) in [6.07, 6.45) is 1.46. The third kappa shape index (κ3) is 3.55. The van der Waals surface area contributed by atoms with Crippen molar-refractivity contribution in [2.24, 2.45) is 0 Å². The van der Waals surface area contributed by atoms with E-state index in [2.05, 4.69) is 5.32 Å². The summed E-state index contributed by atoms with van der Waals surface area (Å²) in [6.45, 7) is 1.60. The summed E-state index contributed by atoms with van der Waals surface area (Å²) in [5.74, 6) is 0.310. The molecule has 2 aliphatic rings. The number of nitrogens with one attached hydrogen (secondary N) is 1. The molecule has 2 heterocycles. The number of carbonyl (C=O) groups excluding carboxylic acids is 2. The maximum atomic E-state index is 12.9. The van der Waals surface area contributed by atoms with E-state index in [4.69, 9.17) is 4.74 Å². The van der Waals surface area contributed by atoms with Crippen molar-refractivity contribution >= 4 is 11.9 Å². The van der Waals surface area contributed by atoms with E-state index in [1.165, 1.54) is 17.0 Å². The fraction of sp³-hybridized carbons (Fsp3) is 0.500. The van der Waals surface area contributed by atoms with Gasteiger partial charge in [0.25, 0.3) is 0 Å². The Morgan fingerprint density at radius 2 is 1.91 bits per heavy atom. The largest absolute Gasteiger partial charge is 0.490 e. The van der Waals surface area contributed by atoms with Gasteiger partial charge in [0, 0.05) is 33.0 Å². The van der Waals surface area contributed by atoms with Crippen molar-refractivity contribution < 1.29 is 18.7 Å². The lowest BCUT2D eigenvalue weighted by Gasteiger charge is -2.33. The van der Waals surface area contributed by atoms with Gasteiger partial charge < -0.3 is 19.9 Å². The van der Waals surface area contributed by atoms with Gasteiger partial charge in [0.05, 0.1) is 6.54 Å². The topological polar surface area (TPSA) is 61.9 Å². The molecule has 0 spiro atoms. The van der Waals surface area contributed by atoms with Gasteiger partial charge in [-0.3, -0.25) is 4.79 Å². The first-order chi connectivity index (χ1) is 11.0. The molecule has 3 amide bonds. The molecule has 0 aromatic heterocycles. The standard InChI is InChI=1S/C16H20FN3O3/c1-19-10-14(18-16(19)22)15(21)20-8-6-13(7-9-20)23-12-4-2-11(17)3-5-12/h2-5,13-14H,6-10H2,1H3,(H,18,22)/t14-/m1/s1. The molecule has 124 valence electrons. The van der Waals surface area contributed by atoms with Crippen molar-refractivity contribution in [1.29, 1.82) is 0 Å². The monoisotopic (exact) mass is 321 g/mol. The Balaban J connectivity index is 1.49. The van der Waals surface area contributed by atoms with E-state index in [0.717, 1.165) is 12.8 Å². The average Bonchev–Trinajstić information content (AvgIpc) is 2.89. The molecule has 0 aliphatic carbocycles. The molecule has 6 nitrogen and oxygen atoms in total. The zero-order chi connectivity index (χ0) is 16.4. The first-order valence-electron chi connectivity index (χ1n) is 7.75. The van der Waals surface area contributed by atoms with E-state index in [1.807, 2.05) is 0 Å². The summed E-state index contributed by atoms with van der Waals surface area (Å²) in [7, 11) is 1.67. The summed E-state index contributed by atoms with van der Waals surface area (Å²) in [4.78, 5) is 27.1. The lowest BCUT2D eigenvalue weighted by atomic mass is 10.1. The van der Waals surface area contributed by atoms with E-state index in [0.29, 0.717) is 25.4 Å². The number of carbonyl (C=O) groups is 2. The Labute approximate surface area is 134 Å². The number of halogens is 1. The number of hydrogen-bond donors (Lipinski definition) is 1. The number of rotatable bonds is 3. The van der Waals surface area contributed by atoms with Crippen molar-refractivity contribution in [2.45, 2.75) is 25.0 Å². The molecule has 2 aliphatic heterocycles. The smallest absolute Gasteiger partial charge is 0.317 e. The summed E-state index contributed by atoms with van der Waals surface area (Å²) in [5, 5.41) is 2.69. The quantitative estimate of drug-likeness (QED) is 0.910. The van der Waals surface area contributed by atoms with Crippen LogP contribution in [0.25, 0.3) is 0 Å². The third-order valence-electron chi connectivity index (χ3n) is 4.27. The molecule has 23 heavy (non-hydrogen) atoms. The Morgan fingerprint density at radius 3 is 2.48 bits per heavy atom. The fourth-order valence-electron chi connectivity index (χ4n) is 2.92. The molecule has 1 atom stereocenters. The van der Waals surface area contributed by atoms with Gasteiger partial charge in [-0.05, 0) is 24.3 Å². The first kappa shape index (κ1) is 15.6. The lowest BCUT2D eigenvalue weighted by molar-refractivity contribution is -0.134. The normalized spacial score (nSPS) is 22.2. The van der Waals surface area contributed by atoms with Crippen molar-refractivity contribution in [3.05, 3.63) is 30.1 Å². The average molecular weight is 321 g/mol. The Bertz CT molecular complexity index is 585. The predicted molar refractivity (Wildman–Crippen MR) is 81.6 cm³/mol. The van der Waals surface area contributed by atoms with Crippen LogP contribution < -0.4 is 10.1 Å². The molecule has 1 aromatic carbocycles. The lowest BCUT2D eigenvalue weighted by Crippen LogP contribution is -2.49. The highest BCUT2D eigenvalue weighted by atomic mass is 19.1. The zero-order valence-electron chi connectivity index (χ0n) is 13.0. The molecule has 2 saturated heterocycles. The number of ether oxygens (including phenoxy) is 1. The van der Waals surface area contributed by atoms with Crippen LogP contribution in [0.15, 0.2) is 24.3 Å². The Hall–Kier alpha value is -2.31. The van der Waals surface area contributed by atoms with Crippen molar-refractivity contribution in [3.8, 4) is 5.75 Å². The van der Waals surface area contributed by atoms with E-state index < -0.39 is 6.04 Å². The van der Waals surface area contributed by atoms with Gasteiger partial charge in [0.1, 0.15) is 23.7 Å². The van der Waals surface area contributed by atoms with Crippen LogP contribution in [0, 0.1) is 5.82 Å². The minimum Gasteiger partial charge on any atom is -0.490 e. The van der Waals surface area contributed by atoms with Crippen molar-refractivity contribution in [1.82, 2.24) is 15.1 Å². The molecule has 0 radical (unpaired) electrons. The van der Waals surface area contributed by atoms with Crippen LogP contribution in [0.5, 0.6) is 5.75 Å². The zero-order valence-corrected chi connectivity index (χ0v) is 13.0. The van der Waals surface area contributed by atoms with E-state index >= 15 is 0 Å². The summed E-state index contributed by atoms with van der Waals surface area (Å²) >= 11 is 0. The summed E-state index contributed by atoms with van der Waals surface area (Å²) in [6, 6.07) is 5.29. The van der Waals surface area contributed by atoms with Gasteiger partial charge in [-0.15, -0.1) is 0 Å². The number of benzene rings is 1. The highest BCUT2D eigenvalue weighted by Crippen LogP contribution is 2.20. The number of nitrogens with zero attached hydrogens (tertiary/aromatic N) is 2. The SMILES string of the molecule is CN1C[C@H](C(=O)N2CCC(Oc3ccc(F)cc3)CC2)NC1=O. The molecule has 2 fully saturated rings. The Kier molecular flexibility index (Phi) is 4.36. The number of piperidine rings is 1. The number of amides is 3. The van der Waals surface area contributed by atoms with Crippen molar-refractivity contribution in [2.75, 3.05) is 26.7 Å². The minimum absolute atomic E-state index is 0.0188. The molecule has 1 N–H and O–H groups in total. The predicted octanol–water partition coefficient (Wildman–Crippen LogP) is 1.22. The van der Waals surface area contributed by atoms with Gasteiger partial charge in [0.15, 0.2) is 0 Å². The molecule has 0 saturated carbocycles. The van der Waals surface area contributed by atoms with Crippen LogP contribution in [0.3, 0.4) is 0 Å². The first-order valence-corrected chi connectivity index (χ1v) is 7.75. The summed E-state index contributed by atoms with van der Waals surface area (Å²) < 4.78 is 18.7. The van der Waals surface area contributed by atoms with Crippen molar-refractivity contribution in [3.63, 3.8) is 0 Å². The van der Waals surface area contributed by atoms with Crippen LogP contribution >= 0.6 is 0 Å². The second kappa shape index (κ2) is 6.44. The maximum Gasteiger partial charge on any atom is 0.317 e. The molecule has 3 rings (SSSR count). The number of likely N-dealkylation sites (tertiary alicyclic amines) is 1. The number of hydrogen-bond acceptors (Lipinski definition) is 3. The molecule has 7 heteroatoms. The van der Waals surface area contributed by atoms with Gasteiger partial charge in [-0.1, -0.05) is 0 Å². The highest BCUT2D eigenvalue weighted by molar-refractivity contribution is 5.90.